The molecule has 102 valence electrons. The summed E-state index contributed by atoms with van der Waals surface area (Å²) in [7, 11) is 0. The molecule has 0 aliphatic heterocycles. The fourth-order valence-electron chi connectivity index (χ4n) is 1.80. The molecule has 1 unspecified atom stereocenters. The number of aromatic amines is 1. The third-order valence-corrected chi connectivity index (χ3v) is 3.87. The van der Waals surface area contributed by atoms with Crippen LogP contribution in [-0.2, 0) is 4.79 Å². The Labute approximate surface area is 116 Å². The molecule has 0 saturated heterocycles. The fourth-order valence-corrected chi connectivity index (χ4v) is 2.75. The first-order valence-electron chi connectivity index (χ1n) is 6.46. The van der Waals surface area contributed by atoms with Gasteiger partial charge in [0.05, 0.1) is 22.9 Å². The van der Waals surface area contributed by atoms with Gasteiger partial charge in [0.1, 0.15) is 11.5 Å². The third kappa shape index (κ3) is 3.29. The molecular formula is C14H18N2O2S. The van der Waals surface area contributed by atoms with E-state index in [1.807, 2.05) is 39.0 Å². The van der Waals surface area contributed by atoms with Gasteiger partial charge in [-0.15, -0.1) is 0 Å². The van der Waals surface area contributed by atoms with E-state index in [0.717, 1.165) is 21.9 Å². The summed E-state index contributed by atoms with van der Waals surface area (Å²) in [4.78, 5) is 19.3. The first kappa shape index (κ1) is 13.9. The summed E-state index contributed by atoms with van der Waals surface area (Å²) in [6, 6.07) is 5.76. The molecule has 0 radical (unpaired) electrons. The van der Waals surface area contributed by atoms with Crippen molar-refractivity contribution in [1.82, 2.24) is 9.97 Å². The number of thioether (sulfide) groups is 1. The second kappa shape index (κ2) is 6.10. The van der Waals surface area contributed by atoms with Gasteiger partial charge in [0.2, 0.25) is 0 Å². The molecule has 19 heavy (non-hydrogen) atoms. The highest BCUT2D eigenvalue weighted by Gasteiger charge is 2.14. The normalized spacial score (nSPS) is 12.6. The molecule has 0 bridgehead atoms. The minimum Gasteiger partial charge on any atom is -0.494 e. The van der Waals surface area contributed by atoms with E-state index in [2.05, 4.69) is 9.97 Å². The maximum Gasteiger partial charge on any atom is 0.167 e. The van der Waals surface area contributed by atoms with E-state index in [4.69, 9.17) is 4.74 Å². The average molecular weight is 278 g/mol. The Bertz CT molecular complexity index is 580. The van der Waals surface area contributed by atoms with Crippen LogP contribution in [0.1, 0.15) is 27.2 Å². The molecule has 0 amide bonds. The molecule has 1 N–H and O–H groups in total. The maximum absolute atomic E-state index is 11.6. The van der Waals surface area contributed by atoms with Gasteiger partial charge in [-0.2, -0.15) is 0 Å². The van der Waals surface area contributed by atoms with Crippen molar-refractivity contribution in [2.24, 2.45) is 0 Å². The van der Waals surface area contributed by atoms with Crippen molar-refractivity contribution >= 4 is 28.6 Å². The minimum atomic E-state index is -0.0723. The van der Waals surface area contributed by atoms with Crippen LogP contribution in [0.2, 0.25) is 0 Å². The Hall–Kier alpha value is -1.49. The molecule has 0 fully saturated rings. The highest BCUT2D eigenvalue weighted by molar-refractivity contribution is 8.00. The molecule has 2 rings (SSSR count). The number of nitrogens with one attached hydrogen (secondary N) is 1. The zero-order chi connectivity index (χ0) is 13.8. The van der Waals surface area contributed by atoms with Gasteiger partial charge in [-0.1, -0.05) is 18.7 Å². The highest BCUT2D eigenvalue weighted by atomic mass is 32.2. The quantitative estimate of drug-likeness (QED) is 0.823. The molecule has 0 aliphatic carbocycles. The Morgan fingerprint density at radius 2 is 2.26 bits per heavy atom. The van der Waals surface area contributed by atoms with Crippen molar-refractivity contribution in [3.8, 4) is 5.75 Å². The van der Waals surface area contributed by atoms with E-state index in [9.17, 15) is 4.79 Å². The van der Waals surface area contributed by atoms with Gasteiger partial charge < -0.3 is 9.72 Å². The number of aromatic nitrogens is 2. The molecular weight excluding hydrogens is 260 g/mol. The van der Waals surface area contributed by atoms with Gasteiger partial charge in [-0.05, 0) is 26.0 Å². The number of benzene rings is 1. The van der Waals surface area contributed by atoms with Crippen LogP contribution in [0.4, 0.5) is 0 Å². The molecule has 5 heteroatoms. The van der Waals surface area contributed by atoms with Crippen LogP contribution in [0.3, 0.4) is 0 Å². The van der Waals surface area contributed by atoms with Crippen LogP contribution < -0.4 is 4.74 Å². The number of carbonyl (C=O) groups is 1. The molecule has 1 aromatic carbocycles. The third-order valence-electron chi connectivity index (χ3n) is 2.83. The second-order valence-electron chi connectivity index (χ2n) is 4.23. The van der Waals surface area contributed by atoms with E-state index in [1.165, 1.54) is 11.8 Å². The van der Waals surface area contributed by atoms with Crippen molar-refractivity contribution in [2.45, 2.75) is 37.6 Å². The Morgan fingerprint density at radius 1 is 1.47 bits per heavy atom. The largest absolute Gasteiger partial charge is 0.494 e. The van der Waals surface area contributed by atoms with Gasteiger partial charge >= 0.3 is 0 Å². The van der Waals surface area contributed by atoms with Crippen LogP contribution in [-0.4, -0.2) is 27.6 Å². The average Bonchev–Trinajstić information content (AvgIpc) is 2.79. The summed E-state index contributed by atoms with van der Waals surface area (Å²) in [6.07, 6.45) is 0.558. The van der Waals surface area contributed by atoms with E-state index < -0.39 is 0 Å². The van der Waals surface area contributed by atoms with Gasteiger partial charge in [0.25, 0.3) is 0 Å². The summed E-state index contributed by atoms with van der Waals surface area (Å²) in [5.41, 5.74) is 1.83. The number of ether oxygens (including phenoxy) is 1. The van der Waals surface area contributed by atoms with E-state index in [1.54, 1.807) is 0 Å². The lowest BCUT2D eigenvalue weighted by Gasteiger charge is -2.05. The molecule has 0 aliphatic rings. The Kier molecular flexibility index (Phi) is 4.47. The molecule has 1 atom stereocenters. The summed E-state index contributed by atoms with van der Waals surface area (Å²) >= 11 is 1.46. The summed E-state index contributed by atoms with van der Waals surface area (Å²) < 4.78 is 5.45. The van der Waals surface area contributed by atoms with Crippen molar-refractivity contribution in [3.63, 3.8) is 0 Å². The van der Waals surface area contributed by atoms with Crippen molar-refractivity contribution in [2.75, 3.05) is 6.61 Å². The Balaban J connectivity index is 2.19. The monoisotopic (exact) mass is 278 g/mol. The minimum absolute atomic E-state index is 0.0723. The molecule has 4 nitrogen and oxygen atoms in total. The fraction of sp³-hybridized carbons (Fsp3) is 0.429. The number of Topliss-reactive ketones (excluding diaryl/α,β-unsaturated/α-hetero) is 1. The topological polar surface area (TPSA) is 55.0 Å². The smallest absolute Gasteiger partial charge is 0.167 e. The lowest BCUT2D eigenvalue weighted by atomic mass is 10.2. The van der Waals surface area contributed by atoms with Crippen molar-refractivity contribution < 1.29 is 9.53 Å². The van der Waals surface area contributed by atoms with Gasteiger partial charge in [-0.3, -0.25) is 4.79 Å². The van der Waals surface area contributed by atoms with Gasteiger partial charge in [0, 0.05) is 12.5 Å². The number of rotatable bonds is 6. The number of H-pyrrole nitrogens is 1. The molecule has 1 heterocycles. The summed E-state index contributed by atoms with van der Waals surface area (Å²) in [5.74, 6) is 1.06. The van der Waals surface area contributed by atoms with Gasteiger partial charge in [0.15, 0.2) is 5.16 Å². The number of hydrogen-bond donors (Lipinski definition) is 1. The number of imidazole rings is 1. The molecule has 1 aromatic heterocycles. The summed E-state index contributed by atoms with van der Waals surface area (Å²) in [5, 5.41) is 0.704. The predicted molar refractivity (Wildman–Crippen MR) is 77.9 cm³/mol. The first-order chi connectivity index (χ1) is 9.13. The number of ketones is 1. The SMILES string of the molecule is CCOc1ccc2nc(SC(C)C(=O)CC)[nH]c2c1. The number of nitrogens with zero attached hydrogens (tertiary/aromatic N) is 1. The van der Waals surface area contributed by atoms with Crippen LogP contribution in [0, 0.1) is 0 Å². The molecule has 0 spiro atoms. The number of carbonyl (C=O) groups excluding carboxylic acids is 1. The lowest BCUT2D eigenvalue weighted by molar-refractivity contribution is -0.118. The highest BCUT2D eigenvalue weighted by Crippen LogP contribution is 2.26. The second-order valence-corrected chi connectivity index (χ2v) is 5.56. The van der Waals surface area contributed by atoms with Crippen LogP contribution in [0.25, 0.3) is 11.0 Å². The van der Waals surface area contributed by atoms with Crippen molar-refractivity contribution in [1.29, 1.82) is 0 Å². The molecule has 2 aromatic rings. The lowest BCUT2D eigenvalue weighted by Crippen LogP contribution is -2.11. The van der Waals surface area contributed by atoms with E-state index in [0.29, 0.717) is 13.0 Å². The predicted octanol–water partition coefficient (Wildman–Crippen LogP) is 3.42. The Morgan fingerprint density at radius 3 is 2.95 bits per heavy atom. The summed E-state index contributed by atoms with van der Waals surface area (Å²) in [6.45, 7) is 6.39. The van der Waals surface area contributed by atoms with E-state index in [-0.39, 0.29) is 11.0 Å². The maximum atomic E-state index is 11.6. The number of hydrogen-bond acceptors (Lipinski definition) is 4. The van der Waals surface area contributed by atoms with Crippen LogP contribution in [0.5, 0.6) is 5.75 Å². The zero-order valence-corrected chi connectivity index (χ0v) is 12.2. The first-order valence-corrected chi connectivity index (χ1v) is 7.34. The van der Waals surface area contributed by atoms with Gasteiger partial charge in [-0.25, -0.2) is 4.98 Å². The zero-order valence-electron chi connectivity index (χ0n) is 11.4. The van der Waals surface area contributed by atoms with Crippen LogP contribution in [0.15, 0.2) is 23.4 Å². The molecule has 0 saturated carbocycles. The standard InChI is InChI=1S/C14H18N2O2S/c1-4-13(17)9(3)19-14-15-11-7-6-10(18-5-2)8-12(11)16-14/h6-9H,4-5H2,1-3H3,(H,15,16). The van der Waals surface area contributed by atoms with Crippen LogP contribution >= 0.6 is 11.8 Å². The number of fused-ring (bicyclic) bond motifs is 1. The van der Waals surface area contributed by atoms with Crippen molar-refractivity contribution in [3.05, 3.63) is 18.2 Å². The van der Waals surface area contributed by atoms with E-state index >= 15 is 0 Å².